The number of carboxylic acids is 1. The molecule has 1 aliphatic rings. The lowest BCUT2D eigenvalue weighted by molar-refractivity contribution is -0.137. The lowest BCUT2D eigenvalue weighted by atomic mass is 9.93. The molecule has 2 aromatic rings. The molecule has 1 atom stereocenters. The van der Waals surface area contributed by atoms with E-state index in [1.807, 2.05) is 0 Å². The summed E-state index contributed by atoms with van der Waals surface area (Å²) >= 11 is 0. The Balaban J connectivity index is 1.78. The minimum Gasteiger partial charge on any atom is -0.481 e. The van der Waals surface area contributed by atoms with Crippen LogP contribution in [0.2, 0.25) is 0 Å². The summed E-state index contributed by atoms with van der Waals surface area (Å²) in [5, 5.41) is 13.0. The van der Waals surface area contributed by atoms with E-state index in [0.29, 0.717) is 25.2 Å². The van der Waals surface area contributed by atoms with Crippen LogP contribution in [0.3, 0.4) is 0 Å². The standard InChI is InChI=1S/C19H20FN3O4/c20-14-4-6-15(7-5-14)23-17(24)9-8-16(21-23)19(27)22-11-1-2-13(12-22)3-10-18(25)26/h4-9,13H,1-3,10-12H2,(H,25,26). The number of nitrogens with zero attached hydrogens (tertiary/aromatic N) is 3. The number of benzene rings is 1. The molecule has 2 heterocycles. The van der Waals surface area contributed by atoms with Crippen molar-refractivity contribution in [3.63, 3.8) is 0 Å². The molecule has 1 N–H and O–H groups in total. The van der Waals surface area contributed by atoms with Gasteiger partial charge in [0.15, 0.2) is 0 Å². The van der Waals surface area contributed by atoms with Crippen molar-refractivity contribution in [1.82, 2.24) is 14.7 Å². The van der Waals surface area contributed by atoms with Crippen molar-refractivity contribution in [3.8, 4) is 5.69 Å². The Morgan fingerprint density at radius 3 is 2.63 bits per heavy atom. The number of amides is 1. The van der Waals surface area contributed by atoms with E-state index in [2.05, 4.69) is 5.10 Å². The van der Waals surface area contributed by atoms with Gasteiger partial charge in [0.2, 0.25) is 0 Å². The van der Waals surface area contributed by atoms with Crippen molar-refractivity contribution in [2.75, 3.05) is 13.1 Å². The van der Waals surface area contributed by atoms with Gasteiger partial charge in [0.05, 0.1) is 5.69 Å². The van der Waals surface area contributed by atoms with Crippen LogP contribution in [0.4, 0.5) is 4.39 Å². The van der Waals surface area contributed by atoms with Gasteiger partial charge in [-0.3, -0.25) is 14.4 Å². The van der Waals surface area contributed by atoms with E-state index in [1.165, 1.54) is 36.4 Å². The Morgan fingerprint density at radius 1 is 1.19 bits per heavy atom. The van der Waals surface area contributed by atoms with Gasteiger partial charge in [-0.15, -0.1) is 0 Å². The lowest BCUT2D eigenvalue weighted by Crippen LogP contribution is -2.41. The van der Waals surface area contributed by atoms with Crippen LogP contribution in [0.5, 0.6) is 0 Å². The second kappa shape index (κ2) is 8.11. The summed E-state index contributed by atoms with van der Waals surface area (Å²) in [6, 6.07) is 7.91. The van der Waals surface area contributed by atoms with Crippen LogP contribution >= 0.6 is 0 Å². The average Bonchev–Trinajstić information content (AvgIpc) is 2.67. The number of carbonyl (C=O) groups is 2. The summed E-state index contributed by atoms with van der Waals surface area (Å²) in [5.74, 6) is -1.43. The Labute approximate surface area is 155 Å². The summed E-state index contributed by atoms with van der Waals surface area (Å²) in [7, 11) is 0. The number of piperidine rings is 1. The molecule has 1 aromatic heterocycles. The fraction of sp³-hybridized carbons (Fsp3) is 0.368. The molecule has 8 heteroatoms. The van der Waals surface area contributed by atoms with Crippen LogP contribution in [-0.4, -0.2) is 44.8 Å². The molecular formula is C19H20FN3O4. The van der Waals surface area contributed by atoms with Gasteiger partial charge < -0.3 is 10.0 Å². The number of carbonyl (C=O) groups excluding carboxylic acids is 1. The van der Waals surface area contributed by atoms with Gasteiger partial charge in [-0.05, 0) is 55.5 Å². The van der Waals surface area contributed by atoms with Crippen molar-refractivity contribution in [3.05, 3.63) is 58.3 Å². The van der Waals surface area contributed by atoms with Crippen LogP contribution in [0, 0.1) is 11.7 Å². The molecule has 1 amide bonds. The topological polar surface area (TPSA) is 92.5 Å². The van der Waals surface area contributed by atoms with Crippen molar-refractivity contribution < 1.29 is 19.1 Å². The number of aromatic nitrogens is 2. The molecule has 1 aromatic carbocycles. The highest BCUT2D eigenvalue weighted by Gasteiger charge is 2.26. The van der Waals surface area contributed by atoms with Crippen molar-refractivity contribution >= 4 is 11.9 Å². The second-order valence-corrected chi connectivity index (χ2v) is 6.64. The predicted octanol–water partition coefficient (Wildman–Crippen LogP) is 2.09. The molecule has 0 radical (unpaired) electrons. The van der Waals surface area contributed by atoms with E-state index in [9.17, 15) is 18.8 Å². The van der Waals surface area contributed by atoms with Crippen LogP contribution in [-0.2, 0) is 4.79 Å². The molecule has 142 valence electrons. The molecule has 0 spiro atoms. The molecule has 1 fully saturated rings. The van der Waals surface area contributed by atoms with E-state index < -0.39 is 17.3 Å². The molecule has 3 rings (SSSR count). The number of rotatable bonds is 5. The Hall–Kier alpha value is -3.03. The third-order valence-electron chi connectivity index (χ3n) is 4.66. The minimum atomic E-state index is -0.841. The Kier molecular flexibility index (Phi) is 5.63. The maximum absolute atomic E-state index is 13.1. The number of carboxylic acid groups (broad SMARTS) is 1. The molecule has 1 aliphatic heterocycles. The average molecular weight is 373 g/mol. The quantitative estimate of drug-likeness (QED) is 0.866. The summed E-state index contributed by atoms with van der Waals surface area (Å²) < 4.78 is 14.2. The molecule has 0 bridgehead atoms. The third-order valence-corrected chi connectivity index (χ3v) is 4.66. The molecule has 0 aliphatic carbocycles. The molecule has 1 saturated heterocycles. The highest BCUT2D eigenvalue weighted by Crippen LogP contribution is 2.22. The minimum absolute atomic E-state index is 0.0837. The van der Waals surface area contributed by atoms with Crippen molar-refractivity contribution in [2.24, 2.45) is 5.92 Å². The molecule has 27 heavy (non-hydrogen) atoms. The van der Waals surface area contributed by atoms with Crippen LogP contribution in [0.1, 0.15) is 36.2 Å². The van der Waals surface area contributed by atoms with Crippen LogP contribution in [0.15, 0.2) is 41.2 Å². The molecule has 7 nitrogen and oxygen atoms in total. The zero-order valence-electron chi connectivity index (χ0n) is 14.7. The lowest BCUT2D eigenvalue weighted by Gasteiger charge is -2.32. The number of halogens is 1. The van der Waals surface area contributed by atoms with Gasteiger partial charge in [0, 0.05) is 25.6 Å². The molecule has 0 saturated carbocycles. The first-order valence-electron chi connectivity index (χ1n) is 8.81. The highest BCUT2D eigenvalue weighted by molar-refractivity contribution is 5.92. The van der Waals surface area contributed by atoms with Gasteiger partial charge in [0.25, 0.3) is 11.5 Å². The summed E-state index contributed by atoms with van der Waals surface area (Å²) in [6.45, 7) is 1.04. The van der Waals surface area contributed by atoms with E-state index in [4.69, 9.17) is 5.11 Å². The zero-order chi connectivity index (χ0) is 19.4. The SMILES string of the molecule is O=C(O)CCC1CCCN(C(=O)c2ccc(=O)n(-c3ccc(F)cc3)n2)C1. The fourth-order valence-corrected chi connectivity index (χ4v) is 3.27. The van der Waals surface area contributed by atoms with Crippen molar-refractivity contribution in [2.45, 2.75) is 25.7 Å². The number of likely N-dealkylation sites (tertiary alicyclic amines) is 1. The molecule has 1 unspecified atom stereocenters. The third kappa shape index (κ3) is 4.58. The van der Waals surface area contributed by atoms with E-state index in [-0.39, 0.29) is 23.9 Å². The van der Waals surface area contributed by atoms with E-state index >= 15 is 0 Å². The first-order chi connectivity index (χ1) is 12.9. The van der Waals surface area contributed by atoms with Crippen LogP contribution < -0.4 is 5.56 Å². The van der Waals surface area contributed by atoms with Gasteiger partial charge in [0.1, 0.15) is 11.5 Å². The van der Waals surface area contributed by atoms with Gasteiger partial charge >= 0.3 is 5.97 Å². The Morgan fingerprint density at radius 2 is 1.93 bits per heavy atom. The monoisotopic (exact) mass is 373 g/mol. The maximum atomic E-state index is 13.1. The fourth-order valence-electron chi connectivity index (χ4n) is 3.27. The smallest absolute Gasteiger partial charge is 0.303 e. The van der Waals surface area contributed by atoms with E-state index in [1.54, 1.807) is 4.90 Å². The largest absolute Gasteiger partial charge is 0.481 e. The summed E-state index contributed by atoms with van der Waals surface area (Å²) in [5.41, 5.74) is 0.0722. The summed E-state index contributed by atoms with van der Waals surface area (Å²) in [6.07, 6.45) is 2.30. The Bertz CT molecular complexity index is 895. The first-order valence-corrected chi connectivity index (χ1v) is 8.81. The summed E-state index contributed by atoms with van der Waals surface area (Å²) in [4.78, 5) is 37.3. The predicted molar refractivity (Wildman–Crippen MR) is 95.3 cm³/mol. The first kappa shape index (κ1) is 18.8. The van der Waals surface area contributed by atoms with Gasteiger partial charge in [-0.1, -0.05) is 0 Å². The van der Waals surface area contributed by atoms with Gasteiger partial charge in [-0.2, -0.15) is 9.78 Å². The highest BCUT2D eigenvalue weighted by atomic mass is 19.1. The maximum Gasteiger partial charge on any atom is 0.303 e. The number of hydrogen-bond donors (Lipinski definition) is 1. The van der Waals surface area contributed by atoms with E-state index in [0.717, 1.165) is 17.5 Å². The normalized spacial score (nSPS) is 16.9. The number of hydrogen-bond acceptors (Lipinski definition) is 4. The van der Waals surface area contributed by atoms with Crippen molar-refractivity contribution in [1.29, 1.82) is 0 Å². The van der Waals surface area contributed by atoms with Crippen LogP contribution in [0.25, 0.3) is 5.69 Å². The molecular weight excluding hydrogens is 353 g/mol. The van der Waals surface area contributed by atoms with Gasteiger partial charge in [-0.25, -0.2) is 4.39 Å². The number of aliphatic carboxylic acids is 1. The second-order valence-electron chi connectivity index (χ2n) is 6.64. The zero-order valence-corrected chi connectivity index (χ0v) is 14.7.